The molecular formula is C19H18N4O4. The number of aromatic nitrogens is 2. The molecule has 0 unspecified atom stereocenters. The average Bonchev–Trinajstić information content (AvgIpc) is 2.67. The maximum atomic E-state index is 12.5. The van der Waals surface area contributed by atoms with E-state index in [0.29, 0.717) is 22.4 Å². The molecule has 0 radical (unpaired) electrons. The van der Waals surface area contributed by atoms with Gasteiger partial charge < -0.3 is 19.9 Å². The second-order valence-corrected chi connectivity index (χ2v) is 5.85. The molecule has 27 heavy (non-hydrogen) atoms. The number of aromatic amines is 1. The number of benzene rings is 2. The Balaban J connectivity index is 1.77. The Morgan fingerprint density at radius 1 is 1.15 bits per heavy atom. The minimum atomic E-state index is -0.547. The number of hydrogen-bond donors (Lipinski definition) is 2. The predicted octanol–water partition coefficient (Wildman–Crippen LogP) is 2.37. The van der Waals surface area contributed by atoms with Crippen LogP contribution in [0, 0.1) is 0 Å². The van der Waals surface area contributed by atoms with Gasteiger partial charge in [0.2, 0.25) is 0 Å². The smallest absolute Gasteiger partial charge is 0.339 e. The first-order valence-electron chi connectivity index (χ1n) is 8.17. The summed E-state index contributed by atoms with van der Waals surface area (Å²) in [5, 5.41) is 3.15. The number of H-pyrrole nitrogens is 1. The number of para-hydroxylation sites is 2. The lowest BCUT2D eigenvalue weighted by molar-refractivity contribution is 0.0602. The van der Waals surface area contributed by atoms with Gasteiger partial charge >= 0.3 is 12.0 Å². The molecule has 0 aliphatic carbocycles. The standard InChI is InChI=1S/C19H18N4O4/c1-23(11-16-20-14-9-5-3-7-12(14)17(24)22-16)19(26)21-15-10-6-4-8-13(15)18(25)27-2/h3-10H,11H2,1-2H3,(H,21,26)(H,20,22,24). The van der Waals surface area contributed by atoms with E-state index >= 15 is 0 Å². The molecule has 3 aromatic rings. The van der Waals surface area contributed by atoms with Crippen molar-refractivity contribution < 1.29 is 14.3 Å². The van der Waals surface area contributed by atoms with E-state index in [1.807, 2.05) is 0 Å². The van der Waals surface area contributed by atoms with E-state index in [4.69, 9.17) is 4.74 Å². The summed E-state index contributed by atoms with van der Waals surface area (Å²) in [6.45, 7) is 0.0896. The normalized spacial score (nSPS) is 10.4. The molecule has 2 amide bonds. The average molecular weight is 366 g/mol. The quantitative estimate of drug-likeness (QED) is 0.690. The molecule has 2 aromatic carbocycles. The summed E-state index contributed by atoms with van der Waals surface area (Å²) in [6.07, 6.45) is 0. The molecule has 3 rings (SSSR count). The molecule has 0 spiro atoms. The number of anilines is 1. The fraction of sp³-hybridized carbons (Fsp3) is 0.158. The predicted molar refractivity (Wildman–Crippen MR) is 101 cm³/mol. The van der Waals surface area contributed by atoms with Crippen LogP contribution in [-0.4, -0.2) is 41.0 Å². The lowest BCUT2D eigenvalue weighted by atomic mass is 10.2. The van der Waals surface area contributed by atoms with Gasteiger partial charge in [0.1, 0.15) is 5.82 Å². The maximum Gasteiger partial charge on any atom is 0.339 e. The fourth-order valence-electron chi connectivity index (χ4n) is 2.60. The molecule has 1 heterocycles. The summed E-state index contributed by atoms with van der Waals surface area (Å²) < 4.78 is 4.72. The van der Waals surface area contributed by atoms with Crippen LogP contribution in [0.5, 0.6) is 0 Å². The number of carbonyl (C=O) groups is 2. The molecule has 0 saturated carbocycles. The number of hydrogen-bond acceptors (Lipinski definition) is 5. The highest BCUT2D eigenvalue weighted by Crippen LogP contribution is 2.17. The van der Waals surface area contributed by atoms with Crippen molar-refractivity contribution in [3.8, 4) is 0 Å². The third-order valence-corrected chi connectivity index (χ3v) is 3.97. The Labute approximate surface area is 154 Å². The van der Waals surface area contributed by atoms with Crippen LogP contribution in [0.3, 0.4) is 0 Å². The molecule has 8 heteroatoms. The van der Waals surface area contributed by atoms with Crippen molar-refractivity contribution in [1.82, 2.24) is 14.9 Å². The van der Waals surface area contributed by atoms with Crippen LogP contribution < -0.4 is 10.9 Å². The number of nitrogens with one attached hydrogen (secondary N) is 2. The van der Waals surface area contributed by atoms with E-state index in [-0.39, 0.29) is 17.7 Å². The Kier molecular flexibility index (Phi) is 5.16. The van der Waals surface area contributed by atoms with Crippen LogP contribution in [0.1, 0.15) is 16.2 Å². The van der Waals surface area contributed by atoms with Gasteiger partial charge in [-0.25, -0.2) is 14.6 Å². The summed E-state index contributed by atoms with van der Waals surface area (Å²) in [7, 11) is 2.83. The molecule has 8 nitrogen and oxygen atoms in total. The van der Waals surface area contributed by atoms with Gasteiger partial charge in [-0.15, -0.1) is 0 Å². The van der Waals surface area contributed by atoms with Gasteiger partial charge in [-0.05, 0) is 24.3 Å². The molecule has 1 aromatic heterocycles. The Morgan fingerprint density at radius 2 is 1.85 bits per heavy atom. The maximum absolute atomic E-state index is 12.5. The summed E-state index contributed by atoms with van der Waals surface area (Å²) in [5.74, 6) is -0.188. The van der Waals surface area contributed by atoms with E-state index < -0.39 is 12.0 Å². The summed E-state index contributed by atoms with van der Waals surface area (Å²) in [6, 6.07) is 13.1. The fourth-order valence-corrected chi connectivity index (χ4v) is 2.60. The molecule has 0 fully saturated rings. The third kappa shape index (κ3) is 3.95. The zero-order chi connectivity index (χ0) is 19.4. The van der Waals surface area contributed by atoms with E-state index in [2.05, 4.69) is 15.3 Å². The lowest BCUT2D eigenvalue weighted by Gasteiger charge is -2.18. The highest BCUT2D eigenvalue weighted by molar-refractivity contribution is 6.00. The van der Waals surface area contributed by atoms with Crippen LogP contribution in [0.4, 0.5) is 10.5 Å². The molecule has 2 N–H and O–H groups in total. The molecule has 0 aliphatic rings. The summed E-state index contributed by atoms with van der Waals surface area (Å²) >= 11 is 0. The SMILES string of the molecule is COC(=O)c1ccccc1NC(=O)N(C)Cc1nc2ccccc2c(=O)[nH]1. The second kappa shape index (κ2) is 7.69. The molecule has 0 atom stereocenters. The first kappa shape index (κ1) is 18.1. The van der Waals surface area contributed by atoms with Crippen LogP contribution in [0.2, 0.25) is 0 Å². The van der Waals surface area contributed by atoms with E-state index in [1.165, 1.54) is 12.0 Å². The first-order valence-corrected chi connectivity index (χ1v) is 8.17. The van der Waals surface area contributed by atoms with Crippen molar-refractivity contribution in [2.75, 3.05) is 19.5 Å². The minimum absolute atomic E-state index is 0.0896. The van der Waals surface area contributed by atoms with Crippen molar-refractivity contribution in [1.29, 1.82) is 0 Å². The van der Waals surface area contributed by atoms with E-state index in [0.717, 1.165) is 0 Å². The molecule has 0 saturated heterocycles. The number of fused-ring (bicyclic) bond motifs is 1. The van der Waals surface area contributed by atoms with Crippen molar-refractivity contribution >= 4 is 28.6 Å². The van der Waals surface area contributed by atoms with E-state index in [1.54, 1.807) is 55.6 Å². The van der Waals surface area contributed by atoms with Gasteiger partial charge in [0.15, 0.2) is 0 Å². The van der Waals surface area contributed by atoms with Gasteiger partial charge in [0.05, 0.1) is 35.8 Å². The van der Waals surface area contributed by atoms with Gasteiger partial charge in [-0.2, -0.15) is 0 Å². The van der Waals surface area contributed by atoms with Crippen molar-refractivity contribution in [2.45, 2.75) is 6.54 Å². The molecule has 0 aliphatic heterocycles. The first-order chi connectivity index (χ1) is 13.0. The van der Waals surface area contributed by atoms with Crippen LogP contribution in [0.15, 0.2) is 53.3 Å². The van der Waals surface area contributed by atoms with Crippen LogP contribution in [-0.2, 0) is 11.3 Å². The number of nitrogens with zero attached hydrogens (tertiary/aromatic N) is 2. The largest absolute Gasteiger partial charge is 0.465 e. The van der Waals surface area contributed by atoms with Gasteiger partial charge in [0, 0.05) is 7.05 Å². The molecular weight excluding hydrogens is 348 g/mol. The number of esters is 1. The van der Waals surface area contributed by atoms with Crippen molar-refractivity contribution in [2.24, 2.45) is 0 Å². The second-order valence-electron chi connectivity index (χ2n) is 5.85. The number of amides is 2. The number of urea groups is 1. The molecule has 138 valence electrons. The number of ether oxygens (including phenoxy) is 1. The Morgan fingerprint density at radius 3 is 2.63 bits per heavy atom. The minimum Gasteiger partial charge on any atom is -0.465 e. The zero-order valence-electron chi connectivity index (χ0n) is 14.9. The van der Waals surface area contributed by atoms with Gasteiger partial charge in [-0.3, -0.25) is 4.79 Å². The lowest BCUT2D eigenvalue weighted by Crippen LogP contribution is -2.32. The van der Waals surface area contributed by atoms with Crippen molar-refractivity contribution in [3.05, 3.63) is 70.3 Å². The van der Waals surface area contributed by atoms with Gasteiger partial charge in [-0.1, -0.05) is 24.3 Å². The van der Waals surface area contributed by atoms with Crippen LogP contribution >= 0.6 is 0 Å². The van der Waals surface area contributed by atoms with Crippen LogP contribution in [0.25, 0.3) is 10.9 Å². The zero-order valence-corrected chi connectivity index (χ0v) is 14.9. The molecule has 0 bridgehead atoms. The number of rotatable bonds is 4. The third-order valence-electron chi connectivity index (χ3n) is 3.97. The van der Waals surface area contributed by atoms with Crippen molar-refractivity contribution in [3.63, 3.8) is 0 Å². The summed E-state index contributed by atoms with van der Waals surface area (Å²) in [4.78, 5) is 44.8. The van der Waals surface area contributed by atoms with Gasteiger partial charge in [0.25, 0.3) is 5.56 Å². The monoisotopic (exact) mass is 366 g/mol. The number of methoxy groups -OCH3 is 1. The van der Waals surface area contributed by atoms with E-state index in [9.17, 15) is 14.4 Å². The number of carbonyl (C=O) groups excluding carboxylic acids is 2. The topological polar surface area (TPSA) is 104 Å². The highest BCUT2D eigenvalue weighted by Gasteiger charge is 2.16. The Hall–Kier alpha value is -3.68. The summed E-state index contributed by atoms with van der Waals surface area (Å²) in [5.41, 5.74) is 0.877. The highest BCUT2D eigenvalue weighted by atomic mass is 16.5. The Bertz CT molecular complexity index is 1060.